The molecule has 3 heterocycles. The third-order valence-electron chi connectivity index (χ3n) is 16.3. The van der Waals surface area contributed by atoms with E-state index < -0.39 is 35.5 Å². The number of imide groups is 1. The molecule has 15 heteroatoms. The van der Waals surface area contributed by atoms with Crippen LogP contribution in [0.4, 0.5) is 0 Å². The van der Waals surface area contributed by atoms with Gasteiger partial charge < -0.3 is 19.3 Å². The fourth-order valence-electron chi connectivity index (χ4n) is 11.9. The van der Waals surface area contributed by atoms with Gasteiger partial charge in [0.1, 0.15) is 5.78 Å². The third-order valence-corrected chi connectivity index (χ3v) is 16.3. The van der Waals surface area contributed by atoms with Crippen LogP contribution < -0.4 is 0 Å². The highest BCUT2D eigenvalue weighted by atomic mass is 16.7. The Bertz CT molecular complexity index is 1990. The number of Topliss-reactive ketones (excluding diaryl/α,β-unsaturated/α-hetero) is 2. The van der Waals surface area contributed by atoms with Crippen LogP contribution in [0.15, 0.2) is 42.5 Å². The van der Waals surface area contributed by atoms with Crippen molar-refractivity contribution in [3.05, 3.63) is 48.0 Å². The molecule has 0 bridgehead atoms. The first-order valence-electron chi connectivity index (χ1n) is 26.7. The zero-order valence-corrected chi connectivity index (χ0v) is 44.9. The van der Waals surface area contributed by atoms with Gasteiger partial charge in [-0.2, -0.15) is 0 Å². The van der Waals surface area contributed by atoms with Gasteiger partial charge in [0.15, 0.2) is 5.78 Å². The van der Waals surface area contributed by atoms with Gasteiger partial charge in [0.05, 0.1) is 48.8 Å². The van der Waals surface area contributed by atoms with Crippen LogP contribution in [0.3, 0.4) is 0 Å². The van der Waals surface area contributed by atoms with E-state index in [1.54, 1.807) is 26.2 Å². The van der Waals surface area contributed by atoms with Crippen molar-refractivity contribution < 1.29 is 47.9 Å². The van der Waals surface area contributed by atoms with E-state index in [0.29, 0.717) is 45.6 Å². The van der Waals surface area contributed by atoms with E-state index in [9.17, 15) is 33.6 Å². The van der Waals surface area contributed by atoms with Crippen LogP contribution in [-0.4, -0.2) is 157 Å². The summed E-state index contributed by atoms with van der Waals surface area (Å²) in [4.78, 5) is 109. The fourth-order valence-corrected chi connectivity index (χ4v) is 11.9. The number of benzene rings is 1. The maximum Gasteiger partial charge on any atom is 0.253 e. The molecule has 1 unspecified atom stereocenters. The molecule has 0 aromatic heterocycles. The number of hydrogen-bond donors (Lipinski definition) is 0. The number of hydrogen-bond acceptors (Lipinski definition) is 11. The smallest absolute Gasteiger partial charge is 0.253 e. The van der Waals surface area contributed by atoms with Crippen LogP contribution in [0, 0.1) is 35.0 Å². The number of carbonyl (C=O) groups is 7. The number of likely N-dealkylation sites (tertiary alicyclic amines) is 1. The SMILES string of the molecule is CC[C@H](C)[C@@H]([C@@H](CC(=O)N1CCC[C@H]1[C@H](OC)[C@@H](C)C(=O)CC1(C(=O)N2CCCCO2)C[C@@H]1c1ccccc1)OC)N(C)C(=O)[C@@H](CC(=O)[C@H](C(C)C)N(C)CCCCCCN1C(=O)C=CC1=O)C(C)C. The van der Waals surface area contributed by atoms with Crippen molar-refractivity contribution in [2.45, 2.75) is 168 Å². The van der Waals surface area contributed by atoms with Crippen LogP contribution in [0.25, 0.3) is 0 Å². The number of ketones is 2. The zero-order chi connectivity index (χ0) is 52.2. The van der Waals surface area contributed by atoms with Crippen LogP contribution in [0.5, 0.6) is 0 Å². The molecule has 10 atom stereocenters. The number of ether oxygens (including phenoxy) is 2. The summed E-state index contributed by atoms with van der Waals surface area (Å²) in [5.41, 5.74) is 0.134. The number of carbonyl (C=O) groups excluding carboxylic acids is 7. The molecule has 5 rings (SSSR count). The summed E-state index contributed by atoms with van der Waals surface area (Å²) < 4.78 is 12.3. The van der Waals surface area contributed by atoms with E-state index in [2.05, 4.69) is 18.7 Å². The van der Waals surface area contributed by atoms with Crippen LogP contribution in [0.2, 0.25) is 0 Å². The van der Waals surface area contributed by atoms with Crippen molar-refractivity contribution >= 4 is 41.1 Å². The molecule has 3 fully saturated rings. The third kappa shape index (κ3) is 14.1. The van der Waals surface area contributed by atoms with Gasteiger partial charge in [-0.3, -0.25) is 48.2 Å². The Balaban J connectivity index is 1.23. The molecule has 1 aromatic rings. The number of amides is 5. The highest BCUT2D eigenvalue weighted by Gasteiger charge is 2.63. The molecule has 1 aliphatic carbocycles. The van der Waals surface area contributed by atoms with Gasteiger partial charge in [-0.25, -0.2) is 5.06 Å². The Kier molecular flexibility index (Phi) is 21.6. The molecule has 1 saturated carbocycles. The summed E-state index contributed by atoms with van der Waals surface area (Å²) in [6, 6.07) is 8.69. The average Bonchev–Trinajstić information content (AvgIpc) is 3.70. The molecule has 0 radical (unpaired) electrons. The molecule has 5 amide bonds. The predicted molar refractivity (Wildman–Crippen MR) is 272 cm³/mol. The summed E-state index contributed by atoms with van der Waals surface area (Å²) >= 11 is 0. The maximum atomic E-state index is 14.8. The van der Waals surface area contributed by atoms with Crippen molar-refractivity contribution in [1.29, 1.82) is 0 Å². The fraction of sp³-hybridized carbons (Fsp3) is 0.732. The average molecular weight is 990 g/mol. The number of nitrogens with zero attached hydrogens (tertiary/aromatic N) is 5. The van der Waals surface area contributed by atoms with E-state index in [-0.39, 0.29) is 96.1 Å². The Morgan fingerprint density at radius 1 is 0.817 bits per heavy atom. The van der Waals surface area contributed by atoms with Gasteiger partial charge >= 0.3 is 0 Å². The first-order valence-corrected chi connectivity index (χ1v) is 26.7. The highest BCUT2D eigenvalue weighted by Crippen LogP contribution is 2.63. The number of likely N-dealkylation sites (N-methyl/N-ethyl adjacent to an activating group) is 2. The minimum absolute atomic E-state index is 0.0157. The van der Waals surface area contributed by atoms with Crippen molar-refractivity contribution in [2.75, 3.05) is 61.1 Å². The quantitative estimate of drug-likeness (QED) is 0.0586. The maximum absolute atomic E-state index is 14.8. The van der Waals surface area contributed by atoms with Gasteiger partial charge in [-0.15, -0.1) is 0 Å². The minimum atomic E-state index is -0.898. The lowest BCUT2D eigenvalue weighted by Crippen LogP contribution is -2.54. The zero-order valence-electron chi connectivity index (χ0n) is 44.9. The predicted octanol–water partition coefficient (Wildman–Crippen LogP) is 7.27. The molecule has 15 nitrogen and oxygen atoms in total. The number of rotatable bonds is 29. The molecule has 3 aliphatic heterocycles. The molecule has 1 aromatic carbocycles. The van der Waals surface area contributed by atoms with Gasteiger partial charge in [0.2, 0.25) is 11.8 Å². The highest BCUT2D eigenvalue weighted by molar-refractivity contribution is 6.12. The lowest BCUT2D eigenvalue weighted by atomic mass is 9.83. The summed E-state index contributed by atoms with van der Waals surface area (Å²) in [6.07, 6.45) is 9.28. The largest absolute Gasteiger partial charge is 0.379 e. The first-order chi connectivity index (χ1) is 33.8. The number of unbranched alkanes of at least 4 members (excludes halogenated alkanes) is 3. The Morgan fingerprint density at radius 3 is 2.08 bits per heavy atom. The van der Waals surface area contributed by atoms with Crippen molar-refractivity contribution in [2.24, 2.45) is 35.0 Å². The van der Waals surface area contributed by atoms with E-state index in [4.69, 9.17) is 14.3 Å². The van der Waals surface area contributed by atoms with E-state index in [1.807, 2.05) is 76.9 Å². The molecule has 396 valence electrons. The lowest BCUT2D eigenvalue weighted by molar-refractivity contribution is -0.203. The second-order valence-electron chi connectivity index (χ2n) is 21.8. The molecule has 0 spiro atoms. The molecule has 2 saturated heterocycles. The van der Waals surface area contributed by atoms with E-state index in [0.717, 1.165) is 56.9 Å². The van der Waals surface area contributed by atoms with Gasteiger partial charge in [-0.1, -0.05) is 98.1 Å². The standard InChI is InChI=1S/C56H87N5O10/c1-12-39(6)52(58(9)54(67)42(37(2)3)33-45(62)51(38(4)5)57(8)28-18-13-14-19-29-60-48(64)26-27-49(60)65)47(69-10)34-50(66)59-30-22-25-44(59)53(70-11)40(7)46(63)36-56(55(68)61-31-20-21-32-71-61)35-43(56)41-23-16-15-17-24-41/h15-17,23-24,26-27,37-40,42-44,47,51-53H,12-14,18-22,25,28-36H2,1-11H3/t39-,40-,42-,43+,44-,47+,51-,52-,53+,56?/m0/s1. The molecular weight excluding hydrogens is 903 g/mol. The summed E-state index contributed by atoms with van der Waals surface area (Å²) in [7, 11) is 6.91. The summed E-state index contributed by atoms with van der Waals surface area (Å²) in [5, 5.41) is 1.48. The first kappa shape index (κ1) is 57.6. The van der Waals surface area contributed by atoms with Crippen molar-refractivity contribution in [3.8, 4) is 0 Å². The van der Waals surface area contributed by atoms with Gasteiger partial charge in [-0.05, 0) is 87.8 Å². The topological polar surface area (TPSA) is 163 Å². The molecular formula is C56H87N5O10. The van der Waals surface area contributed by atoms with Crippen LogP contribution >= 0.6 is 0 Å². The van der Waals surface area contributed by atoms with Crippen molar-refractivity contribution in [3.63, 3.8) is 0 Å². The van der Waals surface area contributed by atoms with E-state index >= 15 is 0 Å². The number of methoxy groups -OCH3 is 2. The monoisotopic (exact) mass is 990 g/mol. The lowest BCUT2D eigenvalue weighted by Gasteiger charge is -2.41. The van der Waals surface area contributed by atoms with E-state index in [1.165, 1.54) is 22.1 Å². The van der Waals surface area contributed by atoms with Crippen LogP contribution in [0.1, 0.15) is 143 Å². The minimum Gasteiger partial charge on any atom is -0.379 e. The molecule has 0 N–H and O–H groups in total. The summed E-state index contributed by atoms with van der Waals surface area (Å²) in [5.74, 6) is -2.44. The number of hydroxylamine groups is 2. The Morgan fingerprint density at radius 2 is 1.49 bits per heavy atom. The normalized spacial score (nSPS) is 23.3. The van der Waals surface area contributed by atoms with Gasteiger partial charge in [0.25, 0.3) is 17.7 Å². The Labute approximate surface area is 424 Å². The molecule has 4 aliphatic rings. The second kappa shape index (κ2) is 26.6. The van der Waals surface area contributed by atoms with Gasteiger partial charge in [0, 0.05) is 77.7 Å². The van der Waals surface area contributed by atoms with Crippen molar-refractivity contribution in [1.82, 2.24) is 24.7 Å². The van der Waals surface area contributed by atoms with Crippen LogP contribution in [-0.2, 0) is 47.9 Å². The Hall–Kier alpha value is -4.31. The summed E-state index contributed by atoms with van der Waals surface area (Å²) in [6.45, 7) is 16.6. The molecule has 71 heavy (non-hydrogen) atoms. The second-order valence-corrected chi connectivity index (χ2v) is 21.8.